The zero-order chi connectivity index (χ0) is 18.0. The number of fused-ring (bicyclic) bond motifs is 1. The number of rotatable bonds is 8. The molecule has 0 bridgehead atoms. The van der Waals surface area contributed by atoms with Gasteiger partial charge in [-0.3, -0.25) is 4.57 Å². The van der Waals surface area contributed by atoms with Crippen LogP contribution in [0.5, 0.6) is 0 Å². The van der Waals surface area contributed by atoms with Crippen LogP contribution in [-0.2, 0) is 4.74 Å². The number of nitrogens with two attached hydrogens (primary N) is 1. The number of aliphatic hydroxyl groups excluding tert-OH is 2. The first-order chi connectivity index (χ1) is 12.1. The second-order valence-corrected chi connectivity index (χ2v) is 5.75. The molecule has 0 unspecified atom stereocenters. The molecular formula is C15H19FN6O3. The summed E-state index contributed by atoms with van der Waals surface area (Å²) in [7, 11) is 0. The fraction of sp³-hybridized carbons (Fsp3) is 0.533. The molecular weight excluding hydrogens is 331 g/mol. The van der Waals surface area contributed by atoms with Crippen molar-refractivity contribution < 1.29 is 19.3 Å². The number of hydrogen-bond donors (Lipinski definition) is 4. The Hall–Kier alpha value is -2.48. The number of nitrogen functional groups attached to an aromatic ring is 1. The van der Waals surface area contributed by atoms with Crippen molar-refractivity contribution in [2.24, 2.45) is 0 Å². The van der Waals surface area contributed by atoms with Crippen molar-refractivity contribution in [1.29, 1.82) is 0 Å². The number of alkyl halides is 1. The van der Waals surface area contributed by atoms with Crippen molar-refractivity contribution >= 4 is 22.9 Å². The number of ether oxygens (including phenoxy) is 1. The Bertz CT molecular complexity index is 787. The van der Waals surface area contributed by atoms with Gasteiger partial charge in [-0.05, 0) is 12.8 Å². The Morgan fingerprint density at radius 2 is 2.28 bits per heavy atom. The van der Waals surface area contributed by atoms with Crippen LogP contribution >= 0.6 is 0 Å². The summed E-state index contributed by atoms with van der Waals surface area (Å²) in [4.78, 5) is 12.5. The number of anilines is 2. The molecule has 9 nitrogen and oxygen atoms in total. The smallest absolute Gasteiger partial charge is 0.224 e. The summed E-state index contributed by atoms with van der Waals surface area (Å²) in [5.41, 5.74) is 6.46. The minimum absolute atomic E-state index is 0.0115. The zero-order valence-corrected chi connectivity index (χ0v) is 13.3. The van der Waals surface area contributed by atoms with E-state index in [1.807, 2.05) is 5.92 Å². The average Bonchev–Trinajstić information content (AvgIpc) is 3.33. The van der Waals surface area contributed by atoms with E-state index in [1.54, 1.807) is 0 Å². The monoisotopic (exact) mass is 350 g/mol. The van der Waals surface area contributed by atoms with Crippen LogP contribution in [0.1, 0.15) is 19.1 Å². The number of terminal acetylenes is 1. The number of imidazole rings is 1. The second kappa shape index (κ2) is 7.18. The molecule has 0 aliphatic heterocycles. The topological polar surface area (TPSA) is 131 Å². The fourth-order valence-electron chi connectivity index (χ4n) is 2.37. The van der Waals surface area contributed by atoms with Crippen LogP contribution in [0.15, 0.2) is 6.33 Å². The van der Waals surface area contributed by atoms with E-state index in [9.17, 15) is 14.6 Å². The van der Waals surface area contributed by atoms with Crippen LogP contribution in [0.3, 0.4) is 0 Å². The van der Waals surface area contributed by atoms with Gasteiger partial charge in [0.25, 0.3) is 0 Å². The van der Waals surface area contributed by atoms with E-state index >= 15 is 0 Å². The van der Waals surface area contributed by atoms with Crippen molar-refractivity contribution in [3.05, 3.63) is 6.33 Å². The van der Waals surface area contributed by atoms with Crippen LogP contribution in [0, 0.1) is 12.3 Å². The van der Waals surface area contributed by atoms with Gasteiger partial charge in [0.2, 0.25) is 5.95 Å². The van der Waals surface area contributed by atoms with Crippen LogP contribution in [-0.4, -0.2) is 61.3 Å². The van der Waals surface area contributed by atoms with Gasteiger partial charge >= 0.3 is 0 Å². The van der Waals surface area contributed by atoms with Crippen LogP contribution in [0.2, 0.25) is 0 Å². The molecule has 0 aromatic carbocycles. The number of halogens is 1. The van der Waals surface area contributed by atoms with E-state index in [4.69, 9.17) is 16.9 Å². The fourth-order valence-corrected chi connectivity index (χ4v) is 2.37. The van der Waals surface area contributed by atoms with Crippen LogP contribution < -0.4 is 11.1 Å². The van der Waals surface area contributed by atoms with Gasteiger partial charge in [0, 0.05) is 6.04 Å². The number of hydrogen-bond acceptors (Lipinski definition) is 8. The third-order valence-corrected chi connectivity index (χ3v) is 3.83. The highest BCUT2D eigenvalue weighted by Gasteiger charge is 2.27. The first kappa shape index (κ1) is 17.3. The molecule has 25 heavy (non-hydrogen) atoms. The molecule has 1 aliphatic carbocycles. The Morgan fingerprint density at radius 1 is 1.52 bits per heavy atom. The SMILES string of the molecule is C#C[C@H](O)[C@@H](CO)O[C@H](CF)n1cnc2c(NC3CC3)nc(N)nc21. The van der Waals surface area contributed by atoms with Gasteiger partial charge in [0.05, 0.1) is 12.9 Å². The zero-order valence-electron chi connectivity index (χ0n) is 13.3. The molecule has 2 aromatic heterocycles. The highest BCUT2D eigenvalue weighted by molar-refractivity contribution is 5.84. The van der Waals surface area contributed by atoms with Gasteiger partial charge in [-0.15, -0.1) is 6.42 Å². The van der Waals surface area contributed by atoms with Crippen LogP contribution in [0.4, 0.5) is 16.2 Å². The minimum Gasteiger partial charge on any atom is -0.394 e. The summed E-state index contributed by atoms with van der Waals surface area (Å²) < 4.78 is 20.3. The summed E-state index contributed by atoms with van der Waals surface area (Å²) in [6.45, 7) is -1.52. The van der Waals surface area contributed by atoms with Crippen molar-refractivity contribution in [2.75, 3.05) is 24.3 Å². The van der Waals surface area contributed by atoms with Gasteiger partial charge in [-0.25, -0.2) is 9.37 Å². The van der Waals surface area contributed by atoms with Gasteiger partial charge in [-0.2, -0.15) is 9.97 Å². The standard InChI is InChI=1S/C15H19FN6O3/c1-2-9(24)10(6-23)25-11(5-16)22-7-18-12-13(19-8-3-4-8)20-15(17)21-14(12)22/h1,7-11,23-24H,3-6H2,(H3,17,19,20,21)/t9-,10+,11+/m0/s1. The van der Waals surface area contributed by atoms with E-state index in [-0.39, 0.29) is 11.6 Å². The molecule has 0 amide bonds. The lowest BCUT2D eigenvalue weighted by molar-refractivity contribution is -0.115. The summed E-state index contributed by atoms with van der Waals surface area (Å²) in [5.74, 6) is 2.53. The van der Waals surface area contributed by atoms with Gasteiger partial charge in [0.15, 0.2) is 23.2 Å². The lowest BCUT2D eigenvalue weighted by Crippen LogP contribution is -2.34. The van der Waals surface area contributed by atoms with Crippen molar-refractivity contribution in [1.82, 2.24) is 19.5 Å². The molecule has 5 N–H and O–H groups in total. The molecule has 0 spiro atoms. The molecule has 1 fully saturated rings. The van der Waals surface area contributed by atoms with Crippen molar-refractivity contribution in [3.63, 3.8) is 0 Å². The Balaban J connectivity index is 1.93. The van der Waals surface area contributed by atoms with E-state index in [0.29, 0.717) is 17.4 Å². The lowest BCUT2D eigenvalue weighted by atomic mass is 10.2. The first-order valence-electron chi connectivity index (χ1n) is 7.80. The predicted molar refractivity (Wildman–Crippen MR) is 88.2 cm³/mol. The van der Waals surface area contributed by atoms with E-state index < -0.39 is 31.7 Å². The first-order valence-corrected chi connectivity index (χ1v) is 7.80. The lowest BCUT2D eigenvalue weighted by Gasteiger charge is -2.24. The Kier molecular flexibility index (Phi) is 4.98. The molecule has 0 radical (unpaired) electrons. The average molecular weight is 350 g/mol. The Labute approximate surface area is 143 Å². The molecule has 134 valence electrons. The number of aliphatic hydroxyl groups is 2. The molecule has 2 heterocycles. The maximum atomic E-state index is 13.6. The van der Waals surface area contributed by atoms with E-state index in [2.05, 4.69) is 20.3 Å². The maximum Gasteiger partial charge on any atom is 0.224 e. The van der Waals surface area contributed by atoms with E-state index in [0.717, 1.165) is 12.8 Å². The van der Waals surface area contributed by atoms with E-state index in [1.165, 1.54) is 10.9 Å². The summed E-state index contributed by atoms with van der Waals surface area (Å²) in [6.07, 6.45) is 4.82. The molecule has 1 saturated carbocycles. The normalized spacial score (nSPS) is 17.8. The predicted octanol–water partition coefficient (Wildman–Crippen LogP) is -0.178. The molecule has 3 rings (SSSR count). The van der Waals surface area contributed by atoms with Gasteiger partial charge in [-0.1, -0.05) is 5.92 Å². The highest BCUT2D eigenvalue weighted by atomic mass is 19.1. The van der Waals surface area contributed by atoms with Gasteiger partial charge < -0.3 is 26.0 Å². The minimum atomic E-state index is -1.37. The quantitative estimate of drug-likeness (QED) is 0.482. The molecule has 3 atom stereocenters. The summed E-state index contributed by atoms with van der Waals surface area (Å²) in [6, 6.07) is 0.320. The molecule has 2 aromatic rings. The Morgan fingerprint density at radius 3 is 2.88 bits per heavy atom. The second-order valence-electron chi connectivity index (χ2n) is 5.75. The molecule has 1 aliphatic rings. The third kappa shape index (κ3) is 3.63. The van der Waals surface area contributed by atoms with Gasteiger partial charge in [0.1, 0.15) is 18.9 Å². The summed E-state index contributed by atoms with van der Waals surface area (Å²) in [5, 5.41) is 22.1. The maximum absolute atomic E-state index is 13.6. The van der Waals surface area contributed by atoms with Crippen molar-refractivity contribution in [3.8, 4) is 12.3 Å². The highest BCUT2D eigenvalue weighted by Crippen LogP contribution is 2.29. The van der Waals surface area contributed by atoms with Crippen LogP contribution in [0.25, 0.3) is 11.2 Å². The molecule has 10 heteroatoms. The largest absolute Gasteiger partial charge is 0.394 e. The third-order valence-electron chi connectivity index (χ3n) is 3.83. The number of nitrogens with one attached hydrogen (secondary N) is 1. The number of aromatic nitrogens is 4. The summed E-state index contributed by atoms with van der Waals surface area (Å²) >= 11 is 0. The number of nitrogens with zero attached hydrogens (tertiary/aromatic N) is 4. The van der Waals surface area contributed by atoms with Crippen molar-refractivity contribution in [2.45, 2.75) is 37.3 Å². The molecule has 0 saturated heterocycles.